The highest BCUT2D eigenvalue weighted by molar-refractivity contribution is 6.47. The molecule has 10 heteroatoms. The largest absolute Gasteiger partial charge is 0.497 e. The maximum absolute atomic E-state index is 10.5. The van der Waals surface area contributed by atoms with Crippen LogP contribution >= 0.6 is 0 Å². The van der Waals surface area contributed by atoms with Gasteiger partial charge in [0.05, 0.1) is 13.7 Å². The van der Waals surface area contributed by atoms with Crippen LogP contribution in [0.1, 0.15) is 29.9 Å². The molecular weight excluding hydrogens is 414 g/mol. The number of ether oxygens (including phenoxy) is 3. The van der Waals surface area contributed by atoms with Crippen LogP contribution < -0.4 is 10.5 Å². The van der Waals surface area contributed by atoms with Gasteiger partial charge in [-0.3, -0.25) is 4.99 Å². The highest BCUT2D eigenvalue weighted by Gasteiger charge is 2.53. The number of aliphatic hydroxyl groups is 2. The molecule has 5 rings (SSSR count). The van der Waals surface area contributed by atoms with E-state index in [4.69, 9.17) is 24.9 Å². The lowest BCUT2D eigenvalue weighted by atomic mass is 9.73. The average Bonchev–Trinajstić information content (AvgIpc) is 3.39. The minimum atomic E-state index is -1.08. The van der Waals surface area contributed by atoms with Crippen LogP contribution in [-0.4, -0.2) is 90.7 Å². The van der Waals surface area contributed by atoms with Gasteiger partial charge in [-0.05, 0) is 42.5 Å². The fraction of sp³-hybridized carbons (Fsp3) is 0.591. The van der Waals surface area contributed by atoms with Crippen molar-refractivity contribution >= 4 is 17.9 Å². The normalized spacial score (nSPS) is 35.9. The van der Waals surface area contributed by atoms with Crippen LogP contribution in [0.15, 0.2) is 33.2 Å². The van der Waals surface area contributed by atoms with Crippen molar-refractivity contribution in [2.45, 2.75) is 55.4 Å². The second-order valence-corrected chi connectivity index (χ2v) is 8.59. The molecule has 0 radical (unpaired) electrons. The van der Waals surface area contributed by atoms with Crippen molar-refractivity contribution < 1.29 is 24.4 Å². The van der Waals surface area contributed by atoms with Crippen LogP contribution in [0.25, 0.3) is 0 Å². The molecule has 3 aliphatic heterocycles. The first kappa shape index (κ1) is 21.5. The zero-order valence-corrected chi connectivity index (χ0v) is 18.2. The zero-order valence-electron chi connectivity index (χ0n) is 18.2. The summed E-state index contributed by atoms with van der Waals surface area (Å²) in [6.07, 6.45) is 1.33. The number of nitrogens with zero attached hydrogens (tertiary/aromatic N) is 4. The van der Waals surface area contributed by atoms with E-state index in [0.717, 1.165) is 30.6 Å². The molecule has 0 amide bonds. The lowest BCUT2D eigenvalue weighted by Gasteiger charge is -2.40. The summed E-state index contributed by atoms with van der Waals surface area (Å²) in [5, 5.41) is 20.0. The molecule has 1 aromatic carbocycles. The summed E-state index contributed by atoms with van der Waals surface area (Å²) in [6, 6.07) is 6.12. The van der Waals surface area contributed by atoms with E-state index in [1.807, 2.05) is 17.0 Å². The maximum Gasteiger partial charge on any atom is 0.162 e. The molecule has 0 spiro atoms. The van der Waals surface area contributed by atoms with Crippen molar-refractivity contribution in [1.82, 2.24) is 4.90 Å². The summed E-state index contributed by atoms with van der Waals surface area (Å²) < 4.78 is 16.9. The monoisotopic (exact) mass is 443 g/mol. The Labute approximate surface area is 186 Å². The lowest BCUT2D eigenvalue weighted by molar-refractivity contribution is -0.0765. The minimum absolute atomic E-state index is 0.0831. The fourth-order valence-electron chi connectivity index (χ4n) is 5.29. The first-order valence-corrected chi connectivity index (χ1v) is 10.9. The number of aliphatic hydroxyl groups excluding tert-OH is 2. The third kappa shape index (κ3) is 3.17. The summed E-state index contributed by atoms with van der Waals surface area (Å²) in [6.45, 7) is -0.0574. The van der Waals surface area contributed by atoms with Gasteiger partial charge in [0.25, 0.3) is 0 Å². The molecule has 4 aliphatic rings. The summed E-state index contributed by atoms with van der Waals surface area (Å²) in [5.74, 6) is 1.27. The Bertz CT molecular complexity index is 981. The van der Waals surface area contributed by atoms with Crippen molar-refractivity contribution in [2.75, 3.05) is 27.5 Å². The van der Waals surface area contributed by atoms with Crippen LogP contribution in [0.3, 0.4) is 0 Å². The van der Waals surface area contributed by atoms with E-state index in [0.29, 0.717) is 11.5 Å². The number of hydrogen-bond acceptors (Lipinski definition) is 10. The Hall–Kier alpha value is -2.37. The van der Waals surface area contributed by atoms with Crippen LogP contribution in [0.2, 0.25) is 0 Å². The van der Waals surface area contributed by atoms with Gasteiger partial charge in [0, 0.05) is 13.0 Å². The quantitative estimate of drug-likeness (QED) is 0.584. The SMILES string of the molecule is COc1ccc2c(c1)C(C1(N)N=CN=C3C1=NCN3[C@@H]1O[C@H](CO)[C@@H](O)[C@H]1OC)CCC2. The van der Waals surface area contributed by atoms with Gasteiger partial charge < -0.3 is 35.1 Å². The molecule has 1 saturated heterocycles. The molecule has 1 fully saturated rings. The third-order valence-electron chi connectivity index (χ3n) is 6.97. The van der Waals surface area contributed by atoms with Gasteiger partial charge in [-0.2, -0.15) is 0 Å². The Kier molecular flexibility index (Phi) is 5.50. The van der Waals surface area contributed by atoms with Crippen LogP contribution in [0.4, 0.5) is 0 Å². The molecule has 32 heavy (non-hydrogen) atoms. The van der Waals surface area contributed by atoms with E-state index < -0.39 is 30.2 Å². The molecule has 3 heterocycles. The van der Waals surface area contributed by atoms with Gasteiger partial charge >= 0.3 is 0 Å². The van der Waals surface area contributed by atoms with E-state index in [1.54, 1.807) is 7.11 Å². The Morgan fingerprint density at radius 1 is 1.34 bits per heavy atom. The van der Waals surface area contributed by atoms with Crippen molar-refractivity contribution in [3.05, 3.63) is 29.3 Å². The number of methoxy groups -OCH3 is 2. The summed E-state index contributed by atoms with van der Waals surface area (Å²) in [7, 11) is 3.16. The van der Waals surface area contributed by atoms with E-state index in [9.17, 15) is 10.2 Å². The molecule has 0 aromatic heterocycles. The van der Waals surface area contributed by atoms with E-state index in [1.165, 1.54) is 19.0 Å². The summed E-state index contributed by atoms with van der Waals surface area (Å²) in [5.41, 5.74) is 8.88. The first-order chi connectivity index (χ1) is 15.5. The number of rotatable bonds is 5. The predicted octanol–water partition coefficient (Wildman–Crippen LogP) is 0.0177. The second-order valence-electron chi connectivity index (χ2n) is 8.59. The molecule has 1 aliphatic carbocycles. The average molecular weight is 444 g/mol. The lowest BCUT2D eigenvalue weighted by Crippen LogP contribution is -2.58. The van der Waals surface area contributed by atoms with Gasteiger partial charge in [0.2, 0.25) is 0 Å². The van der Waals surface area contributed by atoms with Gasteiger partial charge in [0.1, 0.15) is 42.8 Å². The summed E-state index contributed by atoms with van der Waals surface area (Å²) >= 11 is 0. The molecule has 0 bridgehead atoms. The highest BCUT2D eigenvalue weighted by Crippen LogP contribution is 2.43. The number of fused-ring (bicyclic) bond motifs is 2. The van der Waals surface area contributed by atoms with Gasteiger partial charge in [-0.25, -0.2) is 9.98 Å². The molecular formula is C22H29N5O5. The van der Waals surface area contributed by atoms with Crippen LogP contribution in [-0.2, 0) is 15.9 Å². The van der Waals surface area contributed by atoms with Crippen molar-refractivity contribution in [1.29, 1.82) is 0 Å². The maximum atomic E-state index is 10.5. The number of hydrogen-bond donors (Lipinski definition) is 3. The summed E-state index contributed by atoms with van der Waals surface area (Å²) in [4.78, 5) is 15.7. The topological polar surface area (TPSA) is 134 Å². The number of aliphatic imine (C=N–C) groups is 3. The predicted molar refractivity (Wildman–Crippen MR) is 118 cm³/mol. The Morgan fingerprint density at radius 2 is 2.19 bits per heavy atom. The van der Waals surface area contributed by atoms with E-state index in [-0.39, 0.29) is 19.2 Å². The van der Waals surface area contributed by atoms with Gasteiger partial charge in [0.15, 0.2) is 17.7 Å². The number of amidine groups is 1. The Morgan fingerprint density at radius 3 is 2.94 bits per heavy atom. The number of benzene rings is 1. The molecule has 4 N–H and O–H groups in total. The molecule has 1 aromatic rings. The van der Waals surface area contributed by atoms with Crippen molar-refractivity contribution in [3.63, 3.8) is 0 Å². The minimum Gasteiger partial charge on any atom is -0.497 e. The number of nitrogens with two attached hydrogens (primary N) is 1. The van der Waals surface area contributed by atoms with Crippen molar-refractivity contribution in [3.8, 4) is 5.75 Å². The first-order valence-electron chi connectivity index (χ1n) is 10.9. The van der Waals surface area contributed by atoms with Crippen LogP contribution in [0.5, 0.6) is 5.75 Å². The third-order valence-corrected chi connectivity index (χ3v) is 6.97. The molecule has 6 atom stereocenters. The standard InChI is InChI=1S/C22H29N5O5/c1-30-13-7-6-12-4-3-5-15(14(12)8-13)22(23)19-20(24-10-26-22)27(11-25-19)21-18(31-2)17(29)16(9-28)32-21/h6-8,10,15-18,21,28-29H,3-5,9,11,23H2,1-2H3/t15?,16-,17-,18-,21-,22?/m1/s1. The molecule has 2 unspecified atom stereocenters. The second kappa shape index (κ2) is 8.20. The van der Waals surface area contributed by atoms with E-state index >= 15 is 0 Å². The zero-order chi connectivity index (χ0) is 22.5. The van der Waals surface area contributed by atoms with Gasteiger partial charge in [-0.1, -0.05) is 6.07 Å². The molecule has 172 valence electrons. The smallest absolute Gasteiger partial charge is 0.162 e. The molecule has 10 nitrogen and oxygen atoms in total. The molecule has 0 saturated carbocycles. The highest BCUT2D eigenvalue weighted by atomic mass is 16.6. The fourth-order valence-corrected chi connectivity index (χ4v) is 5.29. The Balaban J connectivity index is 1.47. The van der Waals surface area contributed by atoms with Crippen LogP contribution in [0, 0.1) is 0 Å². The van der Waals surface area contributed by atoms with Crippen molar-refractivity contribution in [2.24, 2.45) is 20.7 Å². The number of aryl methyl sites for hydroxylation is 1. The van der Waals surface area contributed by atoms with Gasteiger partial charge in [-0.15, -0.1) is 0 Å². The van der Waals surface area contributed by atoms with E-state index in [2.05, 4.69) is 16.1 Å².